The molecule has 0 saturated heterocycles. The Morgan fingerprint density at radius 3 is 2.67 bits per heavy atom. The lowest BCUT2D eigenvalue weighted by atomic mass is 10.7. The standard InChI is InChI=1S/C4H12N2O3/c1-4(7)6(8)9-3-2-5/h4,7-8H,2-3,5H2,1H3. The van der Waals surface area contributed by atoms with Crippen molar-refractivity contribution in [1.82, 2.24) is 5.23 Å². The van der Waals surface area contributed by atoms with E-state index in [2.05, 4.69) is 4.84 Å². The molecule has 5 nitrogen and oxygen atoms in total. The molecule has 0 radical (unpaired) electrons. The minimum Gasteiger partial charge on any atom is -0.374 e. The van der Waals surface area contributed by atoms with Gasteiger partial charge in [-0.25, -0.2) is 0 Å². The number of hydrogen-bond acceptors (Lipinski definition) is 5. The first-order chi connectivity index (χ1) is 4.18. The van der Waals surface area contributed by atoms with Crippen molar-refractivity contribution in [2.24, 2.45) is 5.73 Å². The van der Waals surface area contributed by atoms with E-state index in [0.717, 1.165) is 0 Å². The van der Waals surface area contributed by atoms with Crippen LogP contribution in [0.4, 0.5) is 0 Å². The van der Waals surface area contributed by atoms with Gasteiger partial charge < -0.3 is 10.8 Å². The van der Waals surface area contributed by atoms with Crippen LogP contribution in [-0.2, 0) is 4.84 Å². The van der Waals surface area contributed by atoms with E-state index >= 15 is 0 Å². The molecule has 4 N–H and O–H groups in total. The molecular formula is C4H12N2O3. The number of nitrogens with zero attached hydrogens (tertiary/aromatic N) is 1. The zero-order valence-corrected chi connectivity index (χ0v) is 5.32. The lowest BCUT2D eigenvalue weighted by Crippen LogP contribution is -2.31. The van der Waals surface area contributed by atoms with E-state index in [9.17, 15) is 0 Å². The predicted octanol–water partition coefficient (Wildman–Crippen LogP) is -1.09. The molecule has 0 rings (SSSR count). The van der Waals surface area contributed by atoms with Gasteiger partial charge in [0, 0.05) is 6.54 Å². The zero-order valence-electron chi connectivity index (χ0n) is 5.32. The summed E-state index contributed by atoms with van der Waals surface area (Å²) in [5.74, 6) is 0. The summed E-state index contributed by atoms with van der Waals surface area (Å²) in [6, 6.07) is 0. The molecule has 5 heteroatoms. The molecule has 0 spiro atoms. The second kappa shape index (κ2) is 4.66. The first-order valence-corrected chi connectivity index (χ1v) is 2.67. The Balaban J connectivity index is 3.16. The van der Waals surface area contributed by atoms with Gasteiger partial charge in [0.2, 0.25) is 0 Å². The van der Waals surface area contributed by atoms with Crippen LogP contribution >= 0.6 is 0 Å². The average molecular weight is 136 g/mol. The number of aliphatic hydroxyl groups is 1. The van der Waals surface area contributed by atoms with E-state index in [-0.39, 0.29) is 6.61 Å². The summed E-state index contributed by atoms with van der Waals surface area (Å²) in [7, 11) is 0. The largest absolute Gasteiger partial charge is 0.374 e. The molecule has 0 heterocycles. The van der Waals surface area contributed by atoms with Crippen molar-refractivity contribution >= 4 is 0 Å². The van der Waals surface area contributed by atoms with Crippen molar-refractivity contribution in [2.75, 3.05) is 13.2 Å². The lowest BCUT2D eigenvalue weighted by Gasteiger charge is -2.15. The Kier molecular flexibility index (Phi) is 4.55. The van der Waals surface area contributed by atoms with Crippen LogP contribution in [0.25, 0.3) is 0 Å². The number of hydroxylamine groups is 2. The van der Waals surface area contributed by atoms with Gasteiger partial charge in [-0.15, -0.1) is 0 Å². The second-order valence-corrected chi connectivity index (χ2v) is 1.56. The highest BCUT2D eigenvalue weighted by atomic mass is 16.9. The Labute approximate surface area is 53.5 Å². The van der Waals surface area contributed by atoms with Crippen molar-refractivity contribution in [2.45, 2.75) is 13.2 Å². The van der Waals surface area contributed by atoms with Gasteiger partial charge in [-0.2, -0.15) is 0 Å². The van der Waals surface area contributed by atoms with Crippen LogP contribution in [0.1, 0.15) is 6.92 Å². The fourth-order valence-corrected chi connectivity index (χ4v) is 0.254. The Bertz CT molecular complexity index is 68.8. The number of hydrogen-bond donors (Lipinski definition) is 3. The maximum atomic E-state index is 8.56. The first-order valence-electron chi connectivity index (χ1n) is 2.67. The van der Waals surface area contributed by atoms with Crippen LogP contribution in [0, 0.1) is 0 Å². The summed E-state index contributed by atoms with van der Waals surface area (Å²) in [6.45, 7) is 1.88. The summed E-state index contributed by atoms with van der Waals surface area (Å²) in [5.41, 5.74) is 5.03. The van der Waals surface area contributed by atoms with Crippen molar-refractivity contribution in [3.8, 4) is 0 Å². The van der Waals surface area contributed by atoms with E-state index in [4.69, 9.17) is 16.0 Å². The molecule has 0 aromatic heterocycles. The predicted molar refractivity (Wildman–Crippen MR) is 30.3 cm³/mol. The molecule has 0 bridgehead atoms. The summed E-state index contributed by atoms with van der Waals surface area (Å²) in [6.07, 6.45) is -1.02. The van der Waals surface area contributed by atoms with Crippen LogP contribution in [0.5, 0.6) is 0 Å². The van der Waals surface area contributed by atoms with E-state index in [1.54, 1.807) is 0 Å². The van der Waals surface area contributed by atoms with E-state index in [1.165, 1.54) is 6.92 Å². The summed E-state index contributed by atoms with van der Waals surface area (Å²) in [5, 5.41) is 17.5. The zero-order chi connectivity index (χ0) is 7.28. The highest BCUT2D eigenvalue weighted by Crippen LogP contribution is 1.88. The quantitative estimate of drug-likeness (QED) is 0.338. The lowest BCUT2D eigenvalue weighted by molar-refractivity contribution is -0.390. The van der Waals surface area contributed by atoms with Crippen LogP contribution in [0.15, 0.2) is 0 Å². The van der Waals surface area contributed by atoms with E-state index < -0.39 is 6.23 Å². The summed E-state index contributed by atoms with van der Waals surface area (Å²) < 4.78 is 0. The number of aliphatic hydroxyl groups excluding tert-OH is 1. The van der Waals surface area contributed by atoms with Crippen LogP contribution < -0.4 is 5.73 Å². The Hall–Kier alpha value is -0.200. The maximum absolute atomic E-state index is 8.56. The average Bonchev–Trinajstić information content (AvgIpc) is 1.82. The smallest absolute Gasteiger partial charge is 0.154 e. The van der Waals surface area contributed by atoms with Gasteiger partial charge in [0.25, 0.3) is 0 Å². The second-order valence-electron chi connectivity index (χ2n) is 1.56. The number of rotatable bonds is 4. The molecule has 0 aliphatic rings. The Morgan fingerprint density at radius 1 is 1.78 bits per heavy atom. The Morgan fingerprint density at radius 2 is 2.33 bits per heavy atom. The van der Waals surface area contributed by atoms with Gasteiger partial charge in [-0.05, 0) is 12.2 Å². The molecule has 0 fully saturated rings. The fourth-order valence-electron chi connectivity index (χ4n) is 0.254. The van der Waals surface area contributed by atoms with Gasteiger partial charge in [-0.3, -0.25) is 10.0 Å². The third-order valence-corrected chi connectivity index (χ3v) is 0.661. The minimum absolute atomic E-state index is 0.196. The topological polar surface area (TPSA) is 79.0 Å². The van der Waals surface area contributed by atoms with Crippen LogP contribution in [0.2, 0.25) is 0 Å². The van der Waals surface area contributed by atoms with Crippen molar-refractivity contribution < 1.29 is 15.2 Å². The van der Waals surface area contributed by atoms with Crippen LogP contribution in [-0.4, -0.2) is 34.9 Å². The molecule has 0 aromatic rings. The van der Waals surface area contributed by atoms with Gasteiger partial charge in [-0.1, -0.05) is 0 Å². The fraction of sp³-hybridized carbons (Fsp3) is 1.00. The molecule has 0 aliphatic heterocycles. The maximum Gasteiger partial charge on any atom is 0.154 e. The molecule has 0 amide bonds. The van der Waals surface area contributed by atoms with Crippen molar-refractivity contribution in [1.29, 1.82) is 0 Å². The molecule has 1 atom stereocenters. The molecule has 56 valence electrons. The van der Waals surface area contributed by atoms with Crippen molar-refractivity contribution in [3.63, 3.8) is 0 Å². The highest BCUT2D eigenvalue weighted by Gasteiger charge is 2.05. The highest BCUT2D eigenvalue weighted by molar-refractivity contribution is 4.28. The van der Waals surface area contributed by atoms with Gasteiger partial charge >= 0.3 is 0 Å². The summed E-state index contributed by atoms with van der Waals surface area (Å²) >= 11 is 0. The van der Waals surface area contributed by atoms with E-state index in [1.807, 2.05) is 0 Å². The number of nitrogens with two attached hydrogens (primary N) is 1. The molecule has 1 unspecified atom stereocenters. The normalized spacial score (nSPS) is 14.3. The molecule has 0 saturated carbocycles. The SMILES string of the molecule is CC(O)N(O)OCCN. The third kappa shape index (κ3) is 4.31. The van der Waals surface area contributed by atoms with Gasteiger partial charge in [0.15, 0.2) is 6.23 Å². The van der Waals surface area contributed by atoms with Gasteiger partial charge in [0.05, 0.1) is 6.61 Å². The van der Waals surface area contributed by atoms with E-state index in [0.29, 0.717) is 11.8 Å². The summed E-state index contributed by atoms with van der Waals surface area (Å²) in [4.78, 5) is 4.47. The molecule has 9 heavy (non-hydrogen) atoms. The molecular weight excluding hydrogens is 124 g/mol. The monoisotopic (exact) mass is 136 g/mol. The van der Waals surface area contributed by atoms with Gasteiger partial charge in [0.1, 0.15) is 0 Å². The molecule has 0 aromatic carbocycles. The van der Waals surface area contributed by atoms with Crippen LogP contribution in [0.3, 0.4) is 0 Å². The van der Waals surface area contributed by atoms with Crippen molar-refractivity contribution in [3.05, 3.63) is 0 Å². The third-order valence-electron chi connectivity index (χ3n) is 0.661. The first kappa shape index (κ1) is 8.80. The minimum atomic E-state index is -1.02. The molecule has 0 aliphatic carbocycles.